The van der Waals surface area contributed by atoms with Crippen molar-refractivity contribution in [2.24, 2.45) is 0 Å². The SMILES string of the molecule is O=[N+]([O-])c1ccc(NCC2CN(Cc3ccccc3)CCO2)nc1. The number of nitrogens with one attached hydrogen (secondary N) is 1. The number of pyridine rings is 1. The molecule has 2 heterocycles. The van der Waals surface area contributed by atoms with Gasteiger partial charge in [0.2, 0.25) is 0 Å². The molecule has 0 saturated carbocycles. The first-order chi connectivity index (χ1) is 11.7. The molecule has 1 atom stereocenters. The molecule has 1 aliphatic rings. The molecule has 1 aromatic carbocycles. The van der Waals surface area contributed by atoms with Gasteiger partial charge in [0.05, 0.1) is 17.6 Å². The molecule has 1 fully saturated rings. The van der Waals surface area contributed by atoms with Crippen LogP contribution in [0.3, 0.4) is 0 Å². The summed E-state index contributed by atoms with van der Waals surface area (Å²) in [7, 11) is 0. The Balaban J connectivity index is 1.49. The van der Waals surface area contributed by atoms with E-state index >= 15 is 0 Å². The van der Waals surface area contributed by atoms with Crippen LogP contribution in [0.1, 0.15) is 5.56 Å². The Labute approximate surface area is 140 Å². The average Bonchev–Trinajstić information content (AvgIpc) is 2.61. The minimum absolute atomic E-state index is 0.0106. The fourth-order valence-corrected chi connectivity index (χ4v) is 2.71. The molecule has 7 heteroatoms. The van der Waals surface area contributed by atoms with Crippen molar-refractivity contribution in [1.82, 2.24) is 9.88 Å². The van der Waals surface area contributed by atoms with E-state index < -0.39 is 4.92 Å². The zero-order chi connectivity index (χ0) is 16.8. The third-order valence-corrected chi connectivity index (χ3v) is 3.94. The van der Waals surface area contributed by atoms with Crippen molar-refractivity contribution >= 4 is 11.5 Å². The molecule has 126 valence electrons. The number of nitrogens with zero attached hydrogens (tertiary/aromatic N) is 3. The summed E-state index contributed by atoms with van der Waals surface area (Å²) in [6, 6.07) is 13.4. The van der Waals surface area contributed by atoms with Crippen molar-refractivity contribution in [3.63, 3.8) is 0 Å². The van der Waals surface area contributed by atoms with Crippen molar-refractivity contribution in [3.05, 3.63) is 64.3 Å². The number of hydrogen-bond acceptors (Lipinski definition) is 6. The standard InChI is InChI=1S/C17H20N4O3/c22-21(23)15-6-7-17(18-10-15)19-11-16-13-20(8-9-24-16)12-14-4-2-1-3-5-14/h1-7,10,16H,8-9,11-13H2,(H,18,19). The van der Waals surface area contributed by atoms with Crippen molar-refractivity contribution in [1.29, 1.82) is 0 Å². The molecule has 1 aliphatic heterocycles. The normalized spacial score (nSPS) is 18.2. The maximum Gasteiger partial charge on any atom is 0.287 e. The van der Waals surface area contributed by atoms with Crippen LogP contribution in [0.25, 0.3) is 0 Å². The second kappa shape index (κ2) is 7.85. The first-order valence-corrected chi connectivity index (χ1v) is 7.93. The van der Waals surface area contributed by atoms with Crippen LogP contribution < -0.4 is 5.32 Å². The molecule has 3 rings (SSSR count). The van der Waals surface area contributed by atoms with E-state index in [-0.39, 0.29) is 11.8 Å². The van der Waals surface area contributed by atoms with Crippen LogP contribution in [0, 0.1) is 10.1 Å². The van der Waals surface area contributed by atoms with Gasteiger partial charge in [0.15, 0.2) is 0 Å². The van der Waals surface area contributed by atoms with Gasteiger partial charge in [-0.25, -0.2) is 4.98 Å². The summed E-state index contributed by atoms with van der Waals surface area (Å²) in [6.45, 7) is 4.00. The molecule has 0 aliphatic carbocycles. The van der Waals surface area contributed by atoms with Crippen LogP contribution in [0.2, 0.25) is 0 Å². The highest BCUT2D eigenvalue weighted by molar-refractivity contribution is 5.40. The van der Waals surface area contributed by atoms with Crippen LogP contribution in [0.15, 0.2) is 48.7 Å². The number of nitro groups is 1. The Morgan fingerprint density at radius 3 is 2.83 bits per heavy atom. The molecule has 1 aromatic heterocycles. The summed E-state index contributed by atoms with van der Waals surface area (Å²) >= 11 is 0. The van der Waals surface area contributed by atoms with E-state index in [1.54, 1.807) is 6.07 Å². The van der Waals surface area contributed by atoms with Crippen LogP contribution in [-0.2, 0) is 11.3 Å². The van der Waals surface area contributed by atoms with E-state index in [2.05, 4.69) is 39.5 Å². The molecule has 1 N–H and O–H groups in total. The highest BCUT2D eigenvalue weighted by Gasteiger charge is 2.20. The molecule has 0 amide bonds. The number of anilines is 1. The lowest BCUT2D eigenvalue weighted by Gasteiger charge is -2.33. The summed E-state index contributed by atoms with van der Waals surface area (Å²) < 4.78 is 5.79. The minimum atomic E-state index is -0.456. The molecule has 7 nitrogen and oxygen atoms in total. The number of benzene rings is 1. The van der Waals surface area contributed by atoms with Gasteiger partial charge in [0.1, 0.15) is 12.0 Å². The highest BCUT2D eigenvalue weighted by atomic mass is 16.6. The van der Waals surface area contributed by atoms with E-state index in [1.165, 1.54) is 17.8 Å². The molecule has 2 aromatic rings. The largest absolute Gasteiger partial charge is 0.374 e. The van der Waals surface area contributed by atoms with Gasteiger partial charge in [-0.1, -0.05) is 30.3 Å². The predicted octanol–water partition coefficient (Wildman–Crippen LogP) is 2.30. The van der Waals surface area contributed by atoms with Gasteiger partial charge >= 0.3 is 0 Å². The number of aromatic nitrogens is 1. The highest BCUT2D eigenvalue weighted by Crippen LogP contribution is 2.14. The molecule has 1 unspecified atom stereocenters. The quantitative estimate of drug-likeness (QED) is 0.647. The number of morpholine rings is 1. The van der Waals surface area contributed by atoms with Crippen molar-refractivity contribution in [3.8, 4) is 0 Å². The zero-order valence-electron chi connectivity index (χ0n) is 13.3. The summed E-state index contributed by atoms with van der Waals surface area (Å²) in [5, 5.41) is 13.8. The van der Waals surface area contributed by atoms with E-state index in [1.807, 2.05) is 6.07 Å². The molecule has 0 radical (unpaired) electrons. The van der Waals surface area contributed by atoms with Crippen molar-refractivity contribution in [2.75, 3.05) is 31.6 Å². The van der Waals surface area contributed by atoms with Gasteiger partial charge in [0.25, 0.3) is 5.69 Å². The zero-order valence-corrected chi connectivity index (χ0v) is 13.3. The molecule has 0 bridgehead atoms. The predicted molar refractivity (Wildman–Crippen MR) is 90.8 cm³/mol. The van der Waals surface area contributed by atoms with E-state index in [9.17, 15) is 10.1 Å². The number of ether oxygens (including phenoxy) is 1. The lowest BCUT2D eigenvalue weighted by molar-refractivity contribution is -0.385. The number of rotatable bonds is 6. The van der Waals surface area contributed by atoms with E-state index in [0.717, 1.165) is 19.6 Å². The third-order valence-electron chi connectivity index (χ3n) is 3.94. The summed E-state index contributed by atoms with van der Waals surface area (Å²) in [4.78, 5) is 16.6. The van der Waals surface area contributed by atoms with Crippen molar-refractivity contribution < 1.29 is 9.66 Å². The minimum Gasteiger partial charge on any atom is -0.374 e. The van der Waals surface area contributed by atoms with Gasteiger partial charge in [-0.05, 0) is 11.6 Å². The maximum atomic E-state index is 10.6. The molecular weight excluding hydrogens is 308 g/mol. The van der Waals surface area contributed by atoms with Crippen LogP contribution in [0.4, 0.5) is 11.5 Å². The lowest BCUT2D eigenvalue weighted by Crippen LogP contribution is -2.44. The second-order valence-electron chi connectivity index (χ2n) is 5.75. The van der Waals surface area contributed by atoms with Crippen LogP contribution in [0.5, 0.6) is 0 Å². The maximum absolute atomic E-state index is 10.6. The Morgan fingerprint density at radius 1 is 1.29 bits per heavy atom. The Hall–Kier alpha value is -2.51. The molecule has 0 spiro atoms. The Kier molecular flexibility index (Phi) is 5.35. The van der Waals surface area contributed by atoms with Gasteiger partial charge in [-0.2, -0.15) is 0 Å². The first-order valence-electron chi connectivity index (χ1n) is 7.93. The van der Waals surface area contributed by atoms with Gasteiger partial charge in [-0.15, -0.1) is 0 Å². The first kappa shape index (κ1) is 16.4. The van der Waals surface area contributed by atoms with Crippen LogP contribution >= 0.6 is 0 Å². The lowest BCUT2D eigenvalue weighted by atomic mass is 10.2. The third kappa shape index (κ3) is 4.50. The smallest absolute Gasteiger partial charge is 0.287 e. The molecule has 24 heavy (non-hydrogen) atoms. The van der Waals surface area contributed by atoms with Gasteiger partial charge in [0, 0.05) is 32.2 Å². The molecule has 1 saturated heterocycles. The topological polar surface area (TPSA) is 80.5 Å². The van der Waals surface area contributed by atoms with E-state index in [0.29, 0.717) is 19.0 Å². The van der Waals surface area contributed by atoms with Crippen molar-refractivity contribution in [2.45, 2.75) is 12.6 Å². The summed E-state index contributed by atoms with van der Waals surface area (Å²) in [5.41, 5.74) is 1.28. The summed E-state index contributed by atoms with van der Waals surface area (Å²) in [5.74, 6) is 0.615. The second-order valence-corrected chi connectivity index (χ2v) is 5.75. The number of hydrogen-bond donors (Lipinski definition) is 1. The summed E-state index contributed by atoms with van der Waals surface area (Å²) in [6.07, 6.45) is 1.32. The average molecular weight is 328 g/mol. The van der Waals surface area contributed by atoms with Crippen LogP contribution in [-0.4, -0.2) is 47.2 Å². The van der Waals surface area contributed by atoms with E-state index in [4.69, 9.17) is 4.74 Å². The fourth-order valence-electron chi connectivity index (χ4n) is 2.71. The van der Waals surface area contributed by atoms with Gasteiger partial charge in [-0.3, -0.25) is 15.0 Å². The van der Waals surface area contributed by atoms with Gasteiger partial charge < -0.3 is 10.1 Å². The Bertz CT molecular complexity index is 663. The monoisotopic (exact) mass is 328 g/mol. The Morgan fingerprint density at radius 2 is 2.12 bits per heavy atom. The fraction of sp³-hybridized carbons (Fsp3) is 0.353. The molecular formula is C17H20N4O3.